The number of hydrogen-bond acceptors (Lipinski definition) is 3. The Labute approximate surface area is 97.5 Å². The van der Waals surface area contributed by atoms with Gasteiger partial charge in [0.25, 0.3) is 0 Å². The van der Waals surface area contributed by atoms with Crippen LogP contribution in [0.3, 0.4) is 0 Å². The maximum atomic E-state index is 11.8. The smallest absolute Gasteiger partial charge is 0.145 e. The van der Waals surface area contributed by atoms with Crippen LogP contribution in [-0.4, -0.2) is 25.3 Å². The molecule has 3 nitrogen and oxygen atoms in total. The summed E-state index contributed by atoms with van der Waals surface area (Å²) in [7, 11) is 1.58. The molecule has 92 valence electrons. The lowest BCUT2D eigenvalue weighted by Crippen LogP contribution is -2.33. The van der Waals surface area contributed by atoms with Gasteiger partial charge in [-0.1, -0.05) is 13.8 Å². The Balaban J connectivity index is 2.55. The summed E-state index contributed by atoms with van der Waals surface area (Å²) >= 11 is 0. The van der Waals surface area contributed by atoms with Crippen LogP contribution in [0, 0.1) is 17.8 Å². The van der Waals surface area contributed by atoms with Crippen molar-refractivity contribution in [2.24, 2.45) is 17.8 Å². The van der Waals surface area contributed by atoms with Gasteiger partial charge in [-0.2, -0.15) is 0 Å². The number of methoxy groups -OCH3 is 1. The Morgan fingerprint density at radius 2 is 2.19 bits per heavy atom. The highest BCUT2D eigenvalue weighted by Crippen LogP contribution is 2.32. The fraction of sp³-hybridized carbons (Fsp3) is 0.846. The van der Waals surface area contributed by atoms with E-state index in [2.05, 4.69) is 13.8 Å². The molecule has 0 spiro atoms. The van der Waals surface area contributed by atoms with Crippen molar-refractivity contribution in [2.45, 2.75) is 39.5 Å². The fourth-order valence-electron chi connectivity index (χ4n) is 2.35. The number of rotatable bonds is 5. The number of carbonyl (C=O) groups excluding carboxylic acids is 2. The van der Waals surface area contributed by atoms with Crippen molar-refractivity contribution in [1.82, 2.24) is 0 Å². The van der Waals surface area contributed by atoms with Gasteiger partial charge in [0.15, 0.2) is 0 Å². The first-order valence-corrected chi connectivity index (χ1v) is 6.10. The number of carbonyl (C=O) groups is 2. The molecule has 1 aliphatic carbocycles. The lowest BCUT2D eigenvalue weighted by molar-refractivity contribution is -0.136. The zero-order valence-electron chi connectivity index (χ0n) is 10.5. The van der Waals surface area contributed by atoms with E-state index in [1.807, 2.05) is 0 Å². The van der Waals surface area contributed by atoms with Crippen LogP contribution in [0.4, 0.5) is 0 Å². The minimum atomic E-state index is -0.351. The lowest BCUT2D eigenvalue weighted by atomic mass is 9.73. The van der Waals surface area contributed by atoms with E-state index in [1.165, 1.54) is 0 Å². The summed E-state index contributed by atoms with van der Waals surface area (Å²) in [5, 5.41) is 0. The van der Waals surface area contributed by atoms with Gasteiger partial charge in [-0.25, -0.2) is 0 Å². The summed E-state index contributed by atoms with van der Waals surface area (Å²) in [5.74, 6) is 0.937. The van der Waals surface area contributed by atoms with Gasteiger partial charge in [0.05, 0.1) is 12.5 Å². The zero-order valence-corrected chi connectivity index (χ0v) is 10.5. The van der Waals surface area contributed by atoms with Gasteiger partial charge in [0.1, 0.15) is 11.6 Å². The van der Waals surface area contributed by atoms with Gasteiger partial charge in [0.2, 0.25) is 0 Å². The van der Waals surface area contributed by atoms with E-state index in [0.717, 1.165) is 12.8 Å². The summed E-state index contributed by atoms with van der Waals surface area (Å²) in [6.45, 7) is 4.75. The van der Waals surface area contributed by atoms with Crippen LogP contribution >= 0.6 is 0 Å². The van der Waals surface area contributed by atoms with Crippen LogP contribution in [0.25, 0.3) is 0 Å². The third-order valence-electron chi connectivity index (χ3n) is 3.57. The highest BCUT2D eigenvalue weighted by molar-refractivity contribution is 6.02. The number of ketones is 2. The molecule has 0 aromatic heterocycles. The van der Waals surface area contributed by atoms with Crippen molar-refractivity contribution in [3.63, 3.8) is 0 Å². The van der Waals surface area contributed by atoms with Crippen molar-refractivity contribution >= 4 is 11.6 Å². The number of Topliss-reactive ketones (excluding diaryl/α,β-unsaturated/α-hetero) is 2. The molecule has 1 rings (SSSR count). The summed E-state index contributed by atoms with van der Waals surface area (Å²) < 4.78 is 4.88. The first-order chi connectivity index (χ1) is 7.56. The third-order valence-corrected chi connectivity index (χ3v) is 3.57. The Morgan fingerprint density at radius 1 is 1.50 bits per heavy atom. The Morgan fingerprint density at radius 3 is 2.75 bits per heavy atom. The molecule has 16 heavy (non-hydrogen) atoms. The van der Waals surface area contributed by atoms with Gasteiger partial charge in [-0.05, 0) is 24.7 Å². The second kappa shape index (κ2) is 6.14. The molecule has 1 saturated carbocycles. The maximum Gasteiger partial charge on any atom is 0.145 e. The molecule has 2 atom stereocenters. The SMILES string of the molecule is COCCC(=O)C1CC(C(C)C)CCC1=O. The van der Waals surface area contributed by atoms with Crippen LogP contribution in [0.1, 0.15) is 39.5 Å². The molecular weight excluding hydrogens is 204 g/mol. The molecule has 0 saturated heterocycles. The standard InChI is InChI=1S/C13H22O3/c1-9(2)10-4-5-12(14)11(8-10)13(15)6-7-16-3/h9-11H,4-8H2,1-3H3. The molecule has 1 aliphatic rings. The van der Waals surface area contributed by atoms with E-state index < -0.39 is 0 Å². The van der Waals surface area contributed by atoms with Gasteiger partial charge >= 0.3 is 0 Å². The monoisotopic (exact) mass is 226 g/mol. The summed E-state index contributed by atoms with van der Waals surface area (Å²) in [6, 6.07) is 0. The molecule has 0 bridgehead atoms. The van der Waals surface area contributed by atoms with Crippen LogP contribution in [0.5, 0.6) is 0 Å². The Hall–Kier alpha value is -0.700. The average Bonchev–Trinajstić information content (AvgIpc) is 2.26. The molecule has 1 fully saturated rings. The zero-order chi connectivity index (χ0) is 12.1. The van der Waals surface area contributed by atoms with Crippen molar-refractivity contribution in [1.29, 1.82) is 0 Å². The molecule has 0 aliphatic heterocycles. The molecule has 3 heteroatoms. The Kier molecular flexibility index (Phi) is 5.13. The second-order valence-electron chi connectivity index (χ2n) is 5.01. The van der Waals surface area contributed by atoms with Crippen molar-refractivity contribution in [3.8, 4) is 0 Å². The van der Waals surface area contributed by atoms with E-state index >= 15 is 0 Å². The lowest BCUT2D eigenvalue weighted by Gasteiger charge is -2.29. The average molecular weight is 226 g/mol. The molecule has 0 aromatic rings. The van der Waals surface area contributed by atoms with Gasteiger partial charge in [-0.3, -0.25) is 9.59 Å². The fourth-order valence-corrected chi connectivity index (χ4v) is 2.35. The molecule has 0 N–H and O–H groups in total. The predicted molar refractivity (Wildman–Crippen MR) is 62.2 cm³/mol. The van der Waals surface area contributed by atoms with E-state index in [0.29, 0.717) is 31.3 Å². The maximum absolute atomic E-state index is 11.8. The van der Waals surface area contributed by atoms with Gasteiger partial charge in [0, 0.05) is 20.0 Å². The normalized spacial score (nSPS) is 26.1. The van der Waals surface area contributed by atoms with Gasteiger partial charge in [-0.15, -0.1) is 0 Å². The van der Waals surface area contributed by atoms with Gasteiger partial charge < -0.3 is 4.74 Å². The summed E-state index contributed by atoms with van der Waals surface area (Å²) in [4.78, 5) is 23.5. The van der Waals surface area contributed by atoms with E-state index in [9.17, 15) is 9.59 Å². The van der Waals surface area contributed by atoms with Crippen molar-refractivity contribution in [3.05, 3.63) is 0 Å². The minimum Gasteiger partial charge on any atom is -0.384 e. The molecular formula is C13H22O3. The highest BCUT2D eigenvalue weighted by Gasteiger charge is 2.34. The largest absolute Gasteiger partial charge is 0.384 e. The summed E-state index contributed by atoms with van der Waals surface area (Å²) in [6.07, 6.45) is 2.65. The third kappa shape index (κ3) is 3.41. The van der Waals surface area contributed by atoms with Crippen LogP contribution in [0.15, 0.2) is 0 Å². The molecule has 0 amide bonds. The highest BCUT2D eigenvalue weighted by atomic mass is 16.5. The first-order valence-electron chi connectivity index (χ1n) is 6.10. The van der Waals surface area contributed by atoms with Crippen LogP contribution in [-0.2, 0) is 14.3 Å². The minimum absolute atomic E-state index is 0.0669. The van der Waals surface area contributed by atoms with E-state index in [1.54, 1.807) is 7.11 Å². The van der Waals surface area contributed by atoms with Crippen molar-refractivity contribution < 1.29 is 14.3 Å². The van der Waals surface area contributed by atoms with Crippen LogP contribution < -0.4 is 0 Å². The molecule has 2 unspecified atom stereocenters. The quantitative estimate of drug-likeness (QED) is 0.675. The van der Waals surface area contributed by atoms with Crippen LogP contribution in [0.2, 0.25) is 0 Å². The van der Waals surface area contributed by atoms with E-state index in [4.69, 9.17) is 4.74 Å². The summed E-state index contributed by atoms with van der Waals surface area (Å²) in [5.41, 5.74) is 0. The molecule has 0 aromatic carbocycles. The first kappa shape index (κ1) is 13.4. The second-order valence-corrected chi connectivity index (χ2v) is 5.01. The topological polar surface area (TPSA) is 43.4 Å². The predicted octanol–water partition coefficient (Wildman–Crippen LogP) is 2.23. The Bertz CT molecular complexity index is 258. The molecule has 0 radical (unpaired) electrons. The van der Waals surface area contributed by atoms with E-state index in [-0.39, 0.29) is 17.5 Å². The molecule has 0 heterocycles. The number of ether oxygens (including phenoxy) is 1. The van der Waals surface area contributed by atoms with Crippen molar-refractivity contribution in [2.75, 3.05) is 13.7 Å². The number of hydrogen-bond donors (Lipinski definition) is 0.